The summed E-state index contributed by atoms with van der Waals surface area (Å²) in [6, 6.07) is 0. The highest BCUT2D eigenvalue weighted by Gasteiger charge is 2.41. The molecule has 1 heterocycles. The van der Waals surface area contributed by atoms with Gasteiger partial charge in [-0.3, -0.25) is 13.6 Å². The van der Waals surface area contributed by atoms with Gasteiger partial charge in [0.15, 0.2) is 11.6 Å². The molecule has 0 amide bonds. The van der Waals surface area contributed by atoms with Gasteiger partial charge in [0.2, 0.25) is 0 Å². The highest BCUT2D eigenvalue weighted by atomic mass is 31.3. The molecule has 15 nitrogen and oxygen atoms in total. The number of phosphoric ester groups is 2. The average molecular weight is 527 g/mol. The van der Waals surface area contributed by atoms with E-state index in [1.54, 1.807) is 13.8 Å². The van der Waals surface area contributed by atoms with E-state index >= 15 is 0 Å². The zero-order valence-corrected chi connectivity index (χ0v) is 19.9. The van der Waals surface area contributed by atoms with Crippen LogP contribution in [0, 0.1) is 17.7 Å². The van der Waals surface area contributed by atoms with Crippen molar-refractivity contribution in [2.45, 2.75) is 32.9 Å². The number of nitrogens with two attached hydrogens (primary N) is 1. The number of phosphoric acid groups is 3. The van der Waals surface area contributed by atoms with Crippen LogP contribution in [-0.2, 0) is 37.9 Å². The lowest BCUT2D eigenvalue weighted by atomic mass is 9.93. The van der Waals surface area contributed by atoms with Gasteiger partial charge < -0.3 is 25.5 Å². The van der Waals surface area contributed by atoms with Gasteiger partial charge in [0.1, 0.15) is 0 Å². The van der Waals surface area contributed by atoms with Crippen LogP contribution < -0.4 is 11.4 Å². The topological polar surface area (TPSA) is 230 Å². The second-order valence-corrected chi connectivity index (χ2v) is 11.6. The Morgan fingerprint density at radius 1 is 1.16 bits per heavy atom. The van der Waals surface area contributed by atoms with Gasteiger partial charge in [0.25, 0.3) is 0 Å². The highest BCUT2D eigenvalue weighted by molar-refractivity contribution is 7.66. The third-order valence-corrected chi connectivity index (χ3v) is 8.19. The van der Waals surface area contributed by atoms with Crippen LogP contribution in [0.15, 0.2) is 11.0 Å². The fourth-order valence-electron chi connectivity index (χ4n) is 2.40. The van der Waals surface area contributed by atoms with Crippen LogP contribution in [-0.4, -0.2) is 49.2 Å². The molecule has 0 saturated carbocycles. The molecule has 0 saturated heterocycles. The molecule has 6 atom stereocenters. The normalized spacial score (nSPS) is 20.5. The first-order chi connectivity index (χ1) is 14.5. The summed E-state index contributed by atoms with van der Waals surface area (Å²) < 4.78 is 64.9. The van der Waals surface area contributed by atoms with Crippen molar-refractivity contribution in [3.8, 4) is 0 Å². The SMILES string of the molecule is COP(=O)(O)OP(=O)(O)OP(=O)(O)OC[C@@H](C)C[C@H](C)C(O)Cn1cc(F)c(N)nc1=O. The molecule has 4 unspecified atom stereocenters. The Hall–Kier alpha value is -1.02. The van der Waals surface area contributed by atoms with Crippen molar-refractivity contribution >= 4 is 29.3 Å². The number of halogens is 1. The highest BCUT2D eigenvalue weighted by Crippen LogP contribution is 2.67. The predicted octanol–water partition coefficient (Wildman–Crippen LogP) is 0.985. The van der Waals surface area contributed by atoms with Gasteiger partial charge in [0, 0.05) is 13.3 Å². The fraction of sp³-hybridized carbons (Fsp3) is 0.692. The third kappa shape index (κ3) is 9.86. The molecule has 0 fully saturated rings. The maximum absolute atomic E-state index is 13.5. The molecular weight excluding hydrogens is 502 g/mol. The molecule has 0 bridgehead atoms. The van der Waals surface area contributed by atoms with E-state index in [1.807, 2.05) is 0 Å². The Bertz CT molecular complexity index is 991. The summed E-state index contributed by atoms with van der Waals surface area (Å²) in [7, 11) is -15.0. The maximum atomic E-state index is 13.5. The van der Waals surface area contributed by atoms with Crippen LogP contribution in [0.4, 0.5) is 10.2 Å². The number of rotatable bonds is 13. The first-order valence-electron chi connectivity index (χ1n) is 8.79. The fourth-order valence-corrected chi connectivity index (χ4v) is 5.78. The minimum atomic E-state index is -5.50. The molecular formula is C13H25FN3O12P3. The Kier molecular flexibility index (Phi) is 10.3. The number of hydrogen-bond acceptors (Lipinski definition) is 11. The van der Waals surface area contributed by atoms with Crippen molar-refractivity contribution in [3.63, 3.8) is 0 Å². The minimum absolute atomic E-state index is 0.170. The van der Waals surface area contributed by atoms with Crippen molar-refractivity contribution in [1.82, 2.24) is 9.55 Å². The van der Waals surface area contributed by atoms with Crippen LogP contribution >= 0.6 is 23.5 Å². The first-order valence-corrected chi connectivity index (χ1v) is 13.3. The molecule has 0 radical (unpaired) electrons. The smallest absolute Gasteiger partial charge is 0.391 e. The Morgan fingerprint density at radius 3 is 2.28 bits per heavy atom. The van der Waals surface area contributed by atoms with Crippen LogP contribution in [0.3, 0.4) is 0 Å². The van der Waals surface area contributed by atoms with Crippen LogP contribution in [0.25, 0.3) is 0 Å². The standard InChI is InChI=1S/C13H25FN3O12P3/c1-8(7-27-31(22,23)29-32(24,25)28-30(20,21)26-3)4-9(2)11(18)6-17-5-10(14)12(15)16-13(17)19/h5,8-9,11,18H,4,6-7H2,1-3H3,(H,20,21)(H,22,23)(H,24,25)(H2,15,16,19)/t8-,9-,11?/m0/s1. The molecule has 32 heavy (non-hydrogen) atoms. The Morgan fingerprint density at radius 2 is 1.72 bits per heavy atom. The maximum Gasteiger partial charge on any atom is 0.490 e. The molecule has 186 valence electrons. The molecule has 1 rings (SSSR count). The van der Waals surface area contributed by atoms with Gasteiger partial charge in [-0.2, -0.15) is 13.6 Å². The van der Waals surface area contributed by atoms with E-state index in [9.17, 15) is 37.8 Å². The lowest BCUT2D eigenvalue weighted by molar-refractivity contribution is 0.0761. The van der Waals surface area contributed by atoms with Crippen molar-refractivity contribution in [2.24, 2.45) is 11.8 Å². The zero-order chi connectivity index (χ0) is 24.9. The van der Waals surface area contributed by atoms with E-state index in [4.69, 9.17) is 10.6 Å². The minimum Gasteiger partial charge on any atom is -0.391 e. The lowest BCUT2D eigenvalue weighted by Crippen LogP contribution is -2.33. The van der Waals surface area contributed by atoms with E-state index in [2.05, 4.69) is 22.7 Å². The second-order valence-electron chi connectivity index (χ2n) is 6.84. The van der Waals surface area contributed by atoms with E-state index in [0.29, 0.717) is 7.11 Å². The molecule has 0 aromatic carbocycles. The van der Waals surface area contributed by atoms with Crippen molar-refractivity contribution < 1.29 is 55.5 Å². The molecule has 0 aliphatic rings. The van der Waals surface area contributed by atoms with E-state index in [1.165, 1.54) is 0 Å². The summed E-state index contributed by atoms with van der Waals surface area (Å²) in [5.41, 5.74) is 4.33. The van der Waals surface area contributed by atoms with Crippen LogP contribution in [0.1, 0.15) is 20.3 Å². The largest absolute Gasteiger partial charge is 0.490 e. The summed E-state index contributed by atoms with van der Waals surface area (Å²) in [4.78, 5) is 42.8. The lowest BCUT2D eigenvalue weighted by Gasteiger charge is -2.23. The Balaban J connectivity index is 2.62. The number of aromatic nitrogens is 2. The van der Waals surface area contributed by atoms with Crippen molar-refractivity contribution in [3.05, 3.63) is 22.5 Å². The number of anilines is 1. The van der Waals surface area contributed by atoms with E-state index in [-0.39, 0.29) is 13.0 Å². The van der Waals surface area contributed by atoms with Gasteiger partial charge in [-0.1, -0.05) is 13.8 Å². The molecule has 0 aliphatic carbocycles. The van der Waals surface area contributed by atoms with E-state index in [0.717, 1.165) is 10.8 Å². The summed E-state index contributed by atoms with van der Waals surface area (Å²) in [5.74, 6) is -2.55. The quantitative estimate of drug-likeness (QED) is 0.225. The number of nitrogen functional groups attached to an aromatic ring is 1. The average Bonchev–Trinajstić information content (AvgIpc) is 2.62. The van der Waals surface area contributed by atoms with Crippen LogP contribution in [0.2, 0.25) is 0 Å². The van der Waals surface area contributed by atoms with Gasteiger partial charge in [0.05, 0.1) is 19.3 Å². The van der Waals surface area contributed by atoms with Crippen LogP contribution in [0.5, 0.6) is 0 Å². The summed E-state index contributed by atoms with van der Waals surface area (Å²) in [6.45, 7) is 2.33. The summed E-state index contributed by atoms with van der Waals surface area (Å²) >= 11 is 0. The van der Waals surface area contributed by atoms with Gasteiger partial charge in [-0.25, -0.2) is 22.9 Å². The Labute approximate surface area is 181 Å². The second kappa shape index (κ2) is 11.4. The summed E-state index contributed by atoms with van der Waals surface area (Å²) in [5, 5.41) is 10.3. The molecule has 0 spiro atoms. The zero-order valence-electron chi connectivity index (χ0n) is 17.2. The number of aliphatic hydroxyl groups excluding tert-OH is 1. The number of hydrogen-bond donors (Lipinski definition) is 5. The number of aliphatic hydroxyl groups is 1. The monoisotopic (exact) mass is 527 g/mol. The van der Waals surface area contributed by atoms with Crippen molar-refractivity contribution in [2.75, 3.05) is 19.5 Å². The third-order valence-electron chi connectivity index (χ3n) is 3.96. The first kappa shape index (κ1) is 29.0. The molecule has 1 aromatic heterocycles. The molecule has 0 aliphatic heterocycles. The van der Waals surface area contributed by atoms with Gasteiger partial charge in [-0.05, 0) is 18.3 Å². The molecule has 19 heteroatoms. The van der Waals surface area contributed by atoms with E-state index < -0.39 is 65.3 Å². The van der Waals surface area contributed by atoms with Gasteiger partial charge >= 0.3 is 29.2 Å². The van der Waals surface area contributed by atoms with Crippen molar-refractivity contribution in [1.29, 1.82) is 0 Å². The summed E-state index contributed by atoms with van der Waals surface area (Å²) in [6.07, 6.45) is -0.170. The van der Waals surface area contributed by atoms with Gasteiger partial charge in [-0.15, -0.1) is 0 Å². The number of nitrogens with zero attached hydrogens (tertiary/aromatic N) is 2. The predicted molar refractivity (Wildman–Crippen MR) is 106 cm³/mol. The molecule has 6 N–H and O–H groups in total. The molecule has 1 aromatic rings.